The van der Waals surface area contributed by atoms with Crippen LogP contribution in [0.1, 0.15) is 72.9 Å². The number of carbonyl (C=O) groups excluding carboxylic acids is 5. The van der Waals surface area contributed by atoms with Crippen molar-refractivity contribution in [2.75, 3.05) is 38.9 Å². The van der Waals surface area contributed by atoms with E-state index in [-0.39, 0.29) is 31.1 Å². The van der Waals surface area contributed by atoms with E-state index in [0.717, 1.165) is 28.7 Å². The minimum atomic E-state index is -1.18. The lowest BCUT2D eigenvalue weighted by Crippen LogP contribution is -2.32. The average molecular weight is 567 g/mol. The molecule has 0 saturated carbocycles. The molecular formula is C30H34N2O9. The van der Waals surface area contributed by atoms with Crippen molar-refractivity contribution < 1.29 is 43.0 Å². The van der Waals surface area contributed by atoms with Gasteiger partial charge in [-0.2, -0.15) is 0 Å². The van der Waals surface area contributed by atoms with E-state index in [1.807, 2.05) is 18.2 Å². The van der Waals surface area contributed by atoms with Crippen LogP contribution in [0.15, 0.2) is 36.4 Å². The second kappa shape index (κ2) is 14.0. The summed E-state index contributed by atoms with van der Waals surface area (Å²) in [7, 11) is 1.64. The fourth-order valence-corrected chi connectivity index (χ4v) is 4.84. The molecule has 2 aromatic carbocycles. The smallest absolute Gasteiger partial charge is 0.432 e. The third-order valence-electron chi connectivity index (χ3n) is 6.94. The molecule has 0 spiro atoms. The van der Waals surface area contributed by atoms with Crippen LogP contribution in [0.2, 0.25) is 0 Å². The van der Waals surface area contributed by atoms with Gasteiger partial charge in [-0.3, -0.25) is 24.0 Å². The first-order valence-corrected chi connectivity index (χ1v) is 13.7. The zero-order valence-electron chi connectivity index (χ0n) is 23.2. The first kappa shape index (κ1) is 29.9. The highest BCUT2D eigenvalue weighted by Gasteiger charge is 2.35. The zero-order valence-corrected chi connectivity index (χ0v) is 23.2. The highest BCUT2D eigenvalue weighted by Crippen LogP contribution is 2.46. The molecular weight excluding hydrogens is 532 g/mol. The molecule has 1 saturated heterocycles. The summed E-state index contributed by atoms with van der Waals surface area (Å²) in [6.07, 6.45) is 0.757. The van der Waals surface area contributed by atoms with Gasteiger partial charge in [-0.25, -0.2) is 4.79 Å². The molecule has 1 heterocycles. The second-order valence-electron chi connectivity index (χ2n) is 9.78. The van der Waals surface area contributed by atoms with Gasteiger partial charge in [-0.1, -0.05) is 30.2 Å². The van der Waals surface area contributed by atoms with Crippen LogP contribution in [-0.4, -0.2) is 68.3 Å². The molecule has 1 atom stereocenters. The number of Topliss-reactive ketones (excluding diaryl/α,β-unsaturated/α-hetero) is 1. The molecule has 41 heavy (non-hydrogen) atoms. The van der Waals surface area contributed by atoms with Gasteiger partial charge in [0, 0.05) is 69.8 Å². The summed E-state index contributed by atoms with van der Waals surface area (Å²) >= 11 is 0. The predicted octanol–water partition coefficient (Wildman–Crippen LogP) is 4.38. The van der Waals surface area contributed by atoms with Crippen LogP contribution in [0, 0.1) is 0 Å². The molecule has 0 radical (unpaired) electrons. The Morgan fingerprint density at radius 3 is 2.32 bits per heavy atom. The number of hydroxylamine groups is 2. The number of fused-ring (bicyclic) bond motifs is 3. The van der Waals surface area contributed by atoms with Crippen molar-refractivity contribution in [2.24, 2.45) is 0 Å². The molecule has 11 heteroatoms. The van der Waals surface area contributed by atoms with Gasteiger partial charge in [0.25, 0.3) is 11.8 Å². The van der Waals surface area contributed by atoms with Crippen molar-refractivity contribution in [3.63, 3.8) is 0 Å². The number of hydrogen-bond acceptors (Lipinski definition) is 9. The van der Waals surface area contributed by atoms with Crippen molar-refractivity contribution in [3.8, 4) is 11.1 Å². The normalized spacial score (nSPS) is 15.5. The topological polar surface area (TPSA) is 138 Å². The number of amides is 3. The largest absolute Gasteiger partial charge is 0.533 e. The van der Waals surface area contributed by atoms with Crippen LogP contribution < -0.4 is 5.32 Å². The number of ether oxygens (including phenoxy) is 3. The summed E-state index contributed by atoms with van der Waals surface area (Å²) < 4.78 is 15.9. The van der Waals surface area contributed by atoms with Crippen molar-refractivity contribution >= 4 is 35.3 Å². The van der Waals surface area contributed by atoms with E-state index in [9.17, 15) is 24.0 Å². The second-order valence-corrected chi connectivity index (χ2v) is 9.78. The van der Waals surface area contributed by atoms with E-state index in [1.54, 1.807) is 32.2 Å². The third-order valence-corrected chi connectivity index (χ3v) is 6.94. The van der Waals surface area contributed by atoms with Crippen LogP contribution in [0.25, 0.3) is 11.1 Å². The van der Waals surface area contributed by atoms with Crippen LogP contribution in [0.3, 0.4) is 0 Å². The summed E-state index contributed by atoms with van der Waals surface area (Å²) in [5.74, 6) is -1.88. The number of rotatable bonds is 14. The van der Waals surface area contributed by atoms with E-state index >= 15 is 0 Å². The average Bonchev–Trinajstić information content (AvgIpc) is 3.45. The molecule has 1 aliphatic carbocycles. The van der Waals surface area contributed by atoms with E-state index in [1.165, 1.54) is 0 Å². The highest BCUT2D eigenvalue weighted by molar-refractivity contribution is 6.01. The third kappa shape index (κ3) is 7.36. The molecule has 2 aromatic rings. The van der Waals surface area contributed by atoms with Crippen molar-refractivity contribution in [1.29, 1.82) is 0 Å². The Hall–Kier alpha value is -4.09. The minimum absolute atomic E-state index is 0.0293. The quantitative estimate of drug-likeness (QED) is 0.153. The fraction of sp³-hybridized carbons (Fsp3) is 0.433. The van der Waals surface area contributed by atoms with Gasteiger partial charge in [0.1, 0.15) is 6.61 Å². The number of anilines is 1. The number of nitrogens with one attached hydrogen (secondary N) is 1. The number of methoxy groups -OCH3 is 1. The summed E-state index contributed by atoms with van der Waals surface area (Å²) in [4.78, 5) is 65.9. The number of benzene rings is 2. The summed E-state index contributed by atoms with van der Waals surface area (Å²) in [6, 6.07) is 10.9. The molecule has 1 fully saturated rings. The monoisotopic (exact) mass is 566 g/mol. The number of hydrogen-bond donors (Lipinski definition) is 1. The first-order chi connectivity index (χ1) is 19.8. The molecule has 4 rings (SSSR count). The Bertz CT molecular complexity index is 1310. The van der Waals surface area contributed by atoms with Gasteiger partial charge in [0.05, 0.1) is 0 Å². The number of nitrogens with zero attached hydrogens (tertiary/aromatic N) is 1. The Morgan fingerprint density at radius 2 is 1.61 bits per heavy atom. The molecule has 218 valence electrons. The van der Waals surface area contributed by atoms with Crippen LogP contribution in [0.4, 0.5) is 10.5 Å². The Labute approximate surface area is 238 Å². The van der Waals surface area contributed by atoms with Gasteiger partial charge < -0.3 is 19.5 Å². The van der Waals surface area contributed by atoms with Gasteiger partial charge in [-0.05, 0) is 53.3 Å². The molecule has 1 unspecified atom stereocenters. The highest BCUT2D eigenvalue weighted by atomic mass is 16.8. The molecule has 3 amide bonds. The van der Waals surface area contributed by atoms with E-state index < -0.39 is 23.9 Å². The van der Waals surface area contributed by atoms with Crippen LogP contribution in [0.5, 0.6) is 0 Å². The van der Waals surface area contributed by atoms with Crippen molar-refractivity contribution in [2.45, 2.75) is 51.4 Å². The Morgan fingerprint density at radius 1 is 0.927 bits per heavy atom. The Balaban J connectivity index is 1.49. The zero-order chi connectivity index (χ0) is 29.4. The SMILES string of the molecule is CCC(=O)Nc1ccc2c(c1)C(COC(=O)ON1C(=O)CCC1=O)c1cc(C(=O)CCCOCCCOC)ccc1-2. The number of carbonyl (C=O) groups is 5. The lowest BCUT2D eigenvalue weighted by atomic mass is 9.94. The predicted molar refractivity (Wildman–Crippen MR) is 147 cm³/mol. The van der Waals surface area contributed by atoms with Gasteiger partial charge in [-0.15, -0.1) is 0 Å². The van der Waals surface area contributed by atoms with E-state index in [4.69, 9.17) is 19.0 Å². The van der Waals surface area contributed by atoms with Gasteiger partial charge in [0.2, 0.25) is 5.91 Å². The van der Waals surface area contributed by atoms with E-state index in [2.05, 4.69) is 5.32 Å². The Kier molecular flexibility index (Phi) is 10.2. The fourth-order valence-electron chi connectivity index (χ4n) is 4.84. The summed E-state index contributed by atoms with van der Waals surface area (Å²) in [5, 5.41) is 3.27. The summed E-state index contributed by atoms with van der Waals surface area (Å²) in [6.45, 7) is 3.25. The molecule has 11 nitrogen and oxygen atoms in total. The van der Waals surface area contributed by atoms with Crippen molar-refractivity contribution in [1.82, 2.24) is 5.06 Å². The molecule has 2 aliphatic rings. The molecule has 1 aliphatic heterocycles. The van der Waals surface area contributed by atoms with Gasteiger partial charge in [0.15, 0.2) is 5.78 Å². The van der Waals surface area contributed by atoms with Crippen LogP contribution >= 0.6 is 0 Å². The van der Waals surface area contributed by atoms with Gasteiger partial charge >= 0.3 is 6.16 Å². The first-order valence-electron chi connectivity index (χ1n) is 13.7. The number of ketones is 1. The molecule has 0 aromatic heterocycles. The number of imide groups is 1. The van der Waals surface area contributed by atoms with Crippen LogP contribution in [-0.2, 0) is 33.4 Å². The lowest BCUT2D eigenvalue weighted by Gasteiger charge is -2.17. The van der Waals surface area contributed by atoms with Crippen molar-refractivity contribution in [3.05, 3.63) is 53.1 Å². The summed E-state index contributed by atoms with van der Waals surface area (Å²) in [5.41, 5.74) is 4.44. The standard InChI is InChI=1S/C30H34N2O9/c1-3-27(34)31-20-8-10-22-21-9-7-19(26(33)6-4-14-39-15-5-13-38-2)16-23(21)25(24(22)17-20)18-40-30(37)41-32-28(35)11-12-29(32)36/h7-10,16-17,25H,3-6,11-15,18H2,1-2H3,(H,31,34). The molecule has 1 N–H and O–H groups in total. The minimum Gasteiger partial charge on any atom is -0.432 e. The maximum absolute atomic E-state index is 13.0. The van der Waals surface area contributed by atoms with E-state index in [0.29, 0.717) is 55.4 Å². The lowest BCUT2D eigenvalue weighted by molar-refractivity contribution is -0.177. The molecule has 0 bridgehead atoms. The maximum Gasteiger partial charge on any atom is 0.533 e. The maximum atomic E-state index is 13.0.